The Morgan fingerprint density at radius 3 is 2.21 bits per heavy atom. The van der Waals surface area contributed by atoms with Crippen LogP contribution in [-0.2, 0) is 4.74 Å². The molecule has 0 unspecified atom stereocenters. The van der Waals surface area contributed by atoms with Crippen molar-refractivity contribution in [2.75, 3.05) is 39.9 Å². The molecule has 0 aliphatic carbocycles. The molecule has 1 N–H and O–H groups in total. The van der Waals surface area contributed by atoms with Crippen molar-refractivity contribution in [3.63, 3.8) is 0 Å². The summed E-state index contributed by atoms with van der Waals surface area (Å²) in [6, 6.07) is 9.69. The van der Waals surface area contributed by atoms with E-state index in [4.69, 9.17) is 23.7 Å². The van der Waals surface area contributed by atoms with Crippen molar-refractivity contribution in [1.29, 1.82) is 0 Å². The van der Waals surface area contributed by atoms with Crippen LogP contribution in [0.25, 0.3) is 16.5 Å². The largest absolute Gasteiger partial charge is 0.494 e. The second-order valence-electron chi connectivity index (χ2n) is 7.93. The van der Waals surface area contributed by atoms with Crippen LogP contribution in [0.15, 0.2) is 46.6 Å². The highest BCUT2D eigenvalue weighted by atomic mass is 32.1. The van der Waals surface area contributed by atoms with E-state index in [1.807, 2.05) is 6.92 Å². The van der Waals surface area contributed by atoms with Gasteiger partial charge in [-0.25, -0.2) is 4.79 Å². The molecule has 0 saturated carbocycles. The number of nitrogens with one attached hydrogen (secondary N) is 1. The molecule has 4 rings (SSSR count). The van der Waals surface area contributed by atoms with Gasteiger partial charge in [-0.3, -0.25) is 9.59 Å². The van der Waals surface area contributed by atoms with Crippen LogP contribution in [-0.4, -0.2) is 56.2 Å². The Bertz CT molecular complexity index is 1550. The summed E-state index contributed by atoms with van der Waals surface area (Å²) in [4.78, 5) is 39.8. The number of thiophene rings is 1. The molecule has 11 nitrogen and oxygen atoms in total. The molecule has 2 heterocycles. The third-order valence-electron chi connectivity index (χ3n) is 5.67. The van der Waals surface area contributed by atoms with Crippen molar-refractivity contribution in [1.82, 2.24) is 9.78 Å². The van der Waals surface area contributed by atoms with E-state index < -0.39 is 17.4 Å². The van der Waals surface area contributed by atoms with Crippen LogP contribution >= 0.6 is 11.3 Å². The fraction of sp³-hybridized carbons (Fsp3) is 0.259. The number of rotatable bonds is 10. The number of carbonyl (C=O) groups is 2. The molecular formula is C27H27N3O8S. The second-order valence-corrected chi connectivity index (χ2v) is 8.81. The Morgan fingerprint density at radius 1 is 0.974 bits per heavy atom. The summed E-state index contributed by atoms with van der Waals surface area (Å²) < 4.78 is 27.8. The average Bonchev–Trinajstić information content (AvgIpc) is 3.37. The van der Waals surface area contributed by atoms with Crippen molar-refractivity contribution < 1.29 is 33.3 Å². The fourth-order valence-corrected chi connectivity index (χ4v) is 4.84. The number of aromatic nitrogens is 2. The predicted molar refractivity (Wildman–Crippen MR) is 146 cm³/mol. The van der Waals surface area contributed by atoms with Gasteiger partial charge in [0.25, 0.3) is 11.5 Å². The molecular weight excluding hydrogens is 526 g/mol. The third-order valence-corrected chi connectivity index (χ3v) is 6.56. The Labute approximate surface area is 227 Å². The van der Waals surface area contributed by atoms with Gasteiger partial charge in [0.15, 0.2) is 17.2 Å². The molecule has 2 aromatic carbocycles. The standard InChI is InChI=1S/C27H27N3O8S/c1-6-37-17-10-8-16(9-11-17)30-26(32)21-18(22(29-30)27(33)38-7-2)14-39-25(21)28-24(31)15-12-19(34-3)23(36-5)20(13-15)35-4/h8-14H,6-7H2,1-5H3,(H,28,31). The number of anilines is 1. The van der Waals surface area contributed by atoms with E-state index in [1.54, 1.807) is 36.6 Å². The molecule has 0 bridgehead atoms. The molecule has 0 spiro atoms. The van der Waals surface area contributed by atoms with Crippen LogP contribution in [0.4, 0.5) is 5.00 Å². The molecule has 0 aliphatic heterocycles. The van der Waals surface area contributed by atoms with Crippen molar-refractivity contribution >= 4 is 39.0 Å². The SMILES string of the molecule is CCOC(=O)c1nn(-c2ccc(OCC)cc2)c(=O)c2c(NC(=O)c3cc(OC)c(OC)c(OC)c3)scc12. The summed E-state index contributed by atoms with van der Waals surface area (Å²) in [6.07, 6.45) is 0. The highest BCUT2D eigenvalue weighted by Gasteiger charge is 2.24. The van der Waals surface area contributed by atoms with Crippen LogP contribution in [0.3, 0.4) is 0 Å². The summed E-state index contributed by atoms with van der Waals surface area (Å²) in [6.45, 7) is 4.15. The van der Waals surface area contributed by atoms with E-state index in [-0.39, 0.29) is 33.6 Å². The van der Waals surface area contributed by atoms with E-state index >= 15 is 0 Å². The smallest absolute Gasteiger partial charge is 0.359 e. The number of methoxy groups -OCH3 is 3. The molecule has 0 radical (unpaired) electrons. The molecule has 204 valence electrons. The summed E-state index contributed by atoms with van der Waals surface area (Å²) in [5, 5.41) is 9.31. The summed E-state index contributed by atoms with van der Waals surface area (Å²) in [5.41, 5.74) is 0.0371. The third kappa shape index (κ3) is 5.36. The summed E-state index contributed by atoms with van der Waals surface area (Å²) >= 11 is 1.09. The Kier molecular flexibility index (Phi) is 8.35. The van der Waals surface area contributed by atoms with E-state index in [2.05, 4.69) is 10.4 Å². The number of nitrogens with zero attached hydrogens (tertiary/aromatic N) is 2. The molecule has 39 heavy (non-hydrogen) atoms. The molecule has 2 aromatic heterocycles. The van der Waals surface area contributed by atoms with Crippen molar-refractivity contribution in [3.05, 3.63) is 63.4 Å². The van der Waals surface area contributed by atoms with Crippen LogP contribution in [0.1, 0.15) is 34.7 Å². The van der Waals surface area contributed by atoms with Gasteiger partial charge >= 0.3 is 5.97 Å². The van der Waals surface area contributed by atoms with Gasteiger partial charge in [0, 0.05) is 16.3 Å². The van der Waals surface area contributed by atoms with Gasteiger partial charge in [-0.15, -0.1) is 11.3 Å². The van der Waals surface area contributed by atoms with Gasteiger partial charge in [0.2, 0.25) is 5.75 Å². The lowest BCUT2D eigenvalue weighted by molar-refractivity contribution is 0.0520. The maximum Gasteiger partial charge on any atom is 0.359 e. The van der Waals surface area contributed by atoms with Crippen LogP contribution < -0.4 is 29.8 Å². The Balaban J connectivity index is 1.83. The molecule has 0 aliphatic rings. The first kappa shape index (κ1) is 27.5. The van der Waals surface area contributed by atoms with Gasteiger partial charge in [-0.2, -0.15) is 9.78 Å². The highest BCUT2D eigenvalue weighted by Crippen LogP contribution is 2.39. The van der Waals surface area contributed by atoms with Gasteiger partial charge < -0.3 is 29.0 Å². The molecule has 0 fully saturated rings. The maximum atomic E-state index is 13.7. The predicted octanol–water partition coefficient (Wildman–Crippen LogP) is 4.30. The molecule has 0 atom stereocenters. The fourth-order valence-electron chi connectivity index (χ4n) is 3.90. The number of benzene rings is 2. The van der Waals surface area contributed by atoms with E-state index in [0.717, 1.165) is 16.0 Å². The number of fused-ring (bicyclic) bond motifs is 1. The van der Waals surface area contributed by atoms with Crippen molar-refractivity contribution in [3.8, 4) is 28.7 Å². The molecule has 0 saturated heterocycles. The van der Waals surface area contributed by atoms with Crippen LogP contribution in [0.2, 0.25) is 0 Å². The lowest BCUT2D eigenvalue weighted by Gasteiger charge is -2.14. The zero-order chi connectivity index (χ0) is 28.1. The minimum absolute atomic E-state index is 0.0510. The lowest BCUT2D eigenvalue weighted by atomic mass is 10.1. The summed E-state index contributed by atoms with van der Waals surface area (Å²) in [7, 11) is 4.35. The van der Waals surface area contributed by atoms with Crippen molar-refractivity contribution in [2.24, 2.45) is 0 Å². The first-order valence-corrected chi connectivity index (χ1v) is 12.8. The average molecular weight is 554 g/mol. The number of hydrogen-bond donors (Lipinski definition) is 1. The first-order valence-electron chi connectivity index (χ1n) is 11.9. The van der Waals surface area contributed by atoms with Crippen LogP contribution in [0.5, 0.6) is 23.0 Å². The number of esters is 1. The van der Waals surface area contributed by atoms with E-state index in [0.29, 0.717) is 35.3 Å². The number of amides is 1. The maximum absolute atomic E-state index is 13.7. The van der Waals surface area contributed by atoms with E-state index in [1.165, 1.54) is 33.5 Å². The van der Waals surface area contributed by atoms with Crippen LogP contribution in [0, 0.1) is 0 Å². The first-order chi connectivity index (χ1) is 18.9. The van der Waals surface area contributed by atoms with Gasteiger partial charge in [0.05, 0.1) is 45.6 Å². The monoisotopic (exact) mass is 553 g/mol. The van der Waals surface area contributed by atoms with Crippen molar-refractivity contribution in [2.45, 2.75) is 13.8 Å². The zero-order valence-electron chi connectivity index (χ0n) is 22.0. The number of ether oxygens (including phenoxy) is 5. The molecule has 1 amide bonds. The number of hydrogen-bond acceptors (Lipinski definition) is 10. The highest BCUT2D eigenvalue weighted by molar-refractivity contribution is 7.16. The van der Waals surface area contributed by atoms with Gasteiger partial charge in [-0.05, 0) is 50.2 Å². The Hall–Kier alpha value is -4.58. The molecule has 4 aromatic rings. The topological polar surface area (TPSA) is 127 Å². The van der Waals surface area contributed by atoms with Gasteiger partial charge in [-0.1, -0.05) is 0 Å². The normalized spacial score (nSPS) is 10.7. The summed E-state index contributed by atoms with van der Waals surface area (Å²) in [5.74, 6) is 0.327. The minimum atomic E-state index is -0.692. The lowest BCUT2D eigenvalue weighted by Crippen LogP contribution is -2.25. The number of carbonyl (C=O) groups excluding carboxylic acids is 2. The zero-order valence-corrected chi connectivity index (χ0v) is 22.8. The molecule has 12 heteroatoms. The second kappa shape index (κ2) is 11.9. The van der Waals surface area contributed by atoms with Gasteiger partial charge in [0.1, 0.15) is 10.8 Å². The Morgan fingerprint density at radius 2 is 1.64 bits per heavy atom. The minimum Gasteiger partial charge on any atom is -0.494 e. The van der Waals surface area contributed by atoms with E-state index in [9.17, 15) is 14.4 Å². The quantitative estimate of drug-likeness (QED) is 0.286.